The topological polar surface area (TPSA) is 21.3 Å². The van der Waals surface area contributed by atoms with E-state index in [2.05, 4.69) is 30.4 Å². The number of nitrogens with one attached hydrogen (secondary N) is 1. The summed E-state index contributed by atoms with van der Waals surface area (Å²) in [6, 6.07) is 9.51. The molecule has 16 heavy (non-hydrogen) atoms. The van der Waals surface area contributed by atoms with Crippen molar-refractivity contribution < 1.29 is 4.74 Å². The van der Waals surface area contributed by atoms with Crippen molar-refractivity contribution in [1.29, 1.82) is 0 Å². The third kappa shape index (κ3) is 2.07. The average Bonchev–Trinajstić information content (AvgIpc) is 3.12. The van der Waals surface area contributed by atoms with Gasteiger partial charge >= 0.3 is 0 Å². The molecule has 1 heterocycles. The van der Waals surface area contributed by atoms with Crippen LogP contribution in [0.5, 0.6) is 5.75 Å². The van der Waals surface area contributed by atoms with Crippen molar-refractivity contribution in [2.24, 2.45) is 5.92 Å². The molecule has 1 aromatic carbocycles. The first-order chi connectivity index (χ1) is 7.83. The van der Waals surface area contributed by atoms with Gasteiger partial charge < -0.3 is 10.1 Å². The first kappa shape index (κ1) is 10.2. The zero-order valence-corrected chi connectivity index (χ0v) is 9.78. The van der Waals surface area contributed by atoms with E-state index in [-0.39, 0.29) is 0 Å². The molecule has 2 aliphatic rings. The quantitative estimate of drug-likeness (QED) is 0.839. The van der Waals surface area contributed by atoms with Gasteiger partial charge in [-0.3, -0.25) is 0 Å². The van der Waals surface area contributed by atoms with E-state index >= 15 is 0 Å². The predicted molar refractivity (Wildman–Crippen MR) is 64.8 cm³/mol. The lowest BCUT2D eigenvalue weighted by molar-refractivity contribution is 0.225. The van der Waals surface area contributed by atoms with Gasteiger partial charge in [-0.2, -0.15) is 0 Å². The Morgan fingerprint density at radius 3 is 2.94 bits per heavy atom. The number of fused-ring (bicyclic) bond motifs is 1. The minimum Gasteiger partial charge on any atom is -0.492 e. The number of benzene rings is 1. The second-order valence-electron chi connectivity index (χ2n) is 5.11. The number of hydrogen-bond donors (Lipinski definition) is 1. The zero-order chi connectivity index (χ0) is 11.0. The molecule has 86 valence electrons. The van der Waals surface area contributed by atoms with Gasteiger partial charge in [0.15, 0.2) is 0 Å². The molecular weight excluding hydrogens is 198 g/mol. The van der Waals surface area contributed by atoms with Gasteiger partial charge in [-0.15, -0.1) is 0 Å². The van der Waals surface area contributed by atoms with Crippen LogP contribution in [0.15, 0.2) is 24.3 Å². The normalized spacial score (nSPS) is 25.7. The summed E-state index contributed by atoms with van der Waals surface area (Å²) in [7, 11) is 0. The summed E-state index contributed by atoms with van der Waals surface area (Å²) in [5, 5.41) is 3.70. The Kier molecular flexibility index (Phi) is 2.60. The van der Waals surface area contributed by atoms with Gasteiger partial charge in [-0.25, -0.2) is 0 Å². The minimum absolute atomic E-state index is 0.491. The molecule has 1 saturated carbocycles. The maximum Gasteiger partial charge on any atom is 0.122 e. The lowest BCUT2D eigenvalue weighted by atomic mass is 10.0. The molecule has 0 radical (unpaired) electrons. The molecule has 2 unspecified atom stereocenters. The van der Waals surface area contributed by atoms with Gasteiger partial charge in [-0.1, -0.05) is 18.2 Å². The molecule has 0 aromatic heterocycles. The molecule has 2 atom stereocenters. The van der Waals surface area contributed by atoms with Gasteiger partial charge in [0.25, 0.3) is 0 Å². The Morgan fingerprint density at radius 1 is 1.31 bits per heavy atom. The molecule has 0 spiro atoms. The number of ether oxygens (including phenoxy) is 1. The third-order valence-corrected chi connectivity index (χ3v) is 3.71. The van der Waals surface area contributed by atoms with Crippen molar-refractivity contribution >= 4 is 0 Å². The zero-order valence-electron chi connectivity index (χ0n) is 9.78. The van der Waals surface area contributed by atoms with Crippen molar-refractivity contribution in [2.75, 3.05) is 6.61 Å². The molecule has 1 N–H and O–H groups in total. The van der Waals surface area contributed by atoms with E-state index in [0.717, 1.165) is 24.7 Å². The molecule has 2 nitrogen and oxygen atoms in total. The maximum absolute atomic E-state index is 5.77. The first-order valence-electron chi connectivity index (χ1n) is 6.29. The predicted octanol–water partition coefficient (Wildman–Crippen LogP) is 2.38. The van der Waals surface area contributed by atoms with Crippen LogP contribution in [0.4, 0.5) is 0 Å². The average molecular weight is 217 g/mol. The van der Waals surface area contributed by atoms with E-state index in [1.807, 2.05) is 6.07 Å². The Bertz CT molecular complexity index is 373. The van der Waals surface area contributed by atoms with E-state index < -0.39 is 0 Å². The highest BCUT2D eigenvalue weighted by atomic mass is 16.5. The highest BCUT2D eigenvalue weighted by Crippen LogP contribution is 2.33. The molecule has 0 saturated heterocycles. The molecule has 2 heteroatoms. The monoisotopic (exact) mass is 217 g/mol. The molecule has 3 rings (SSSR count). The molecule has 1 aromatic rings. The summed E-state index contributed by atoms with van der Waals surface area (Å²) in [4.78, 5) is 0. The number of rotatable bonds is 3. The molecule has 0 bridgehead atoms. The number of hydrogen-bond acceptors (Lipinski definition) is 2. The lowest BCUT2D eigenvalue weighted by Gasteiger charge is -2.28. The van der Waals surface area contributed by atoms with Gasteiger partial charge in [0.1, 0.15) is 12.4 Å². The Morgan fingerprint density at radius 2 is 2.12 bits per heavy atom. The summed E-state index contributed by atoms with van der Waals surface area (Å²) >= 11 is 0. The third-order valence-electron chi connectivity index (χ3n) is 3.71. The summed E-state index contributed by atoms with van der Waals surface area (Å²) in [5.41, 5.74) is 1.34. The van der Waals surface area contributed by atoms with Crippen molar-refractivity contribution in [3.63, 3.8) is 0 Å². The van der Waals surface area contributed by atoms with Crippen LogP contribution in [-0.2, 0) is 6.42 Å². The highest BCUT2D eigenvalue weighted by Gasteiger charge is 2.30. The molecule has 1 aliphatic heterocycles. The van der Waals surface area contributed by atoms with Crippen LogP contribution in [0.1, 0.15) is 25.3 Å². The van der Waals surface area contributed by atoms with Gasteiger partial charge in [-0.05, 0) is 43.7 Å². The standard InChI is InChI=1S/C14H19NO/c1-10(11-6-7-11)15-13-8-12-4-2-3-5-14(12)16-9-13/h2-5,10-11,13,15H,6-9H2,1H3. The van der Waals surface area contributed by atoms with E-state index in [0.29, 0.717) is 12.1 Å². The molecule has 1 aliphatic carbocycles. The number of para-hydroxylation sites is 1. The molecule has 1 fully saturated rings. The van der Waals surface area contributed by atoms with Gasteiger partial charge in [0, 0.05) is 12.1 Å². The van der Waals surface area contributed by atoms with Crippen LogP contribution in [0.2, 0.25) is 0 Å². The highest BCUT2D eigenvalue weighted by molar-refractivity contribution is 5.35. The van der Waals surface area contributed by atoms with Crippen LogP contribution in [0.25, 0.3) is 0 Å². The summed E-state index contributed by atoms with van der Waals surface area (Å²) < 4.78 is 5.77. The van der Waals surface area contributed by atoms with E-state index in [9.17, 15) is 0 Å². The SMILES string of the molecule is CC(NC1COc2ccccc2C1)C1CC1. The Hall–Kier alpha value is -1.02. The van der Waals surface area contributed by atoms with Crippen LogP contribution in [0, 0.1) is 5.92 Å². The van der Waals surface area contributed by atoms with E-state index in [1.54, 1.807) is 0 Å². The first-order valence-corrected chi connectivity index (χ1v) is 6.29. The maximum atomic E-state index is 5.77. The lowest BCUT2D eigenvalue weighted by Crippen LogP contribution is -2.44. The van der Waals surface area contributed by atoms with Crippen molar-refractivity contribution in [2.45, 2.75) is 38.3 Å². The Labute approximate surface area is 97.0 Å². The van der Waals surface area contributed by atoms with E-state index in [4.69, 9.17) is 4.74 Å². The largest absolute Gasteiger partial charge is 0.492 e. The van der Waals surface area contributed by atoms with Gasteiger partial charge in [0.05, 0.1) is 0 Å². The summed E-state index contributed by atoms with van der Waals surface area (Å²) in [6.07, 6.45) is 3.91. The molecular formula is C14H19NO. The smallest absolute Gasteiger partial charge is 0.122 e. The second kappa shape index (κ2) is 4.10. The fraction of sp³-hybridized carbons (Fsp3) is 0.571. The Balaban J connectivity index is 1.63. The fourth-order valence-electron chi connectivity index (χ4n) is 2.54. The van der Waals surface area contributed by atoms with Crippen LogP contribution in [0.3, 0.4) is 0 Å². The summed E-state index contributed by atoms with van der Waals surface area (Å²) in [5.74, 6) is 1.98. The minimum atomic E-state index is 0.491. The van der Waals surface area contributed by atoms with Crippen molar-refractivity contribution in [3.05, 3.63) is 29.8 Å². The molecule has 0 amide bonds. The van der Waals surface area contributed by atoms with Crippen LogP contribution >= 0.6 is 0 Å². The van der Waals surface area contributed by atoms with E-state index in [1.165, 1.54) is 18.4 Å². The van der Waals surface area contributed by atoms with Gasteiger partial charge in [0.2, 0.25) is 0 Å². The van der Waals surface area contributed by atoms with Crippen molar-refractivity contribution in [1.82, 2.24) is 5.32 Å². The fourth-order valence-corrected chi connectivity index (χ4v) is 2.54. The summed E-state index contributed by atoms with van der Waals surface area (Å²) in [6.45, 7) is 3.12. The van der Waals surface area contributed by atoms with Crippen LogP contribution in [-0.4, -0.2) is 18.7 Å². The second-order valence-corrected chi connectivity index (χ2v) is 5.11. The van der Waals surface area contributed by atoms with Crippen molar-refractivity contribution in [3.8, 4) is 5.75 Å². The van der Waals surface area contributed by atoms with Crippen LogP contribution < -0.4 is 10.1 Å².